The Bertz CT molecular complexity index is 804. The van der Waals surface area contributed by atoms with Gasteiger partial charge in [0.2, 0.25) is 5.91 Å². The molecule has 0 saturated carbocycles. The van der Waals surface area contributed by atoms with E-state index < -0.39 is 22.6 Å². The van der Waals surface area contributed by atoms with E-state index >= 15 is 8.78 Å². The molecule has 4 nitrogen and oxygen atoms in total. The highest BCUT2D eigenvalue weighted by Crippen LogP contribution is 2.48. The number of nitrogens with one attached hydrogen (secondary N) is 2. The Balaban J connectivity index is 1.84. The molecular weight excluding hydrogens is 363 g/mol. The van der Waals surface area contributed by atoms with E-state index in [0.717, 1.165) is 17.3 Å². The van der Waals surface area contributed by atoms with Crippen LogP contribution in [0.1, 0.15) is 25.5 Å². The summed E-state index contributed by atoms with van der Waals surface area (Å²) in [5, 5.41) is 5.40. The maximum Gasteiger partial charge on any atom is 0.296 e. The summed E-state index contributed by atoms with van der Waals surface area (Å²) in [6, 6.07) is 5.35. The molecule has 0 radical (unpaired) electrons. The maximum absolute atomic E-state index is 15.0. The van der Waals surface area contributed by atoms with Crippen molar-refractivity contribution in [2.45, 2.75) is 30.6 Å². The van der Waals surface area contributed by atoms with Gasteiger partial charge in [-0.2, -0.15) is 8.78 Å². The number of carbonyl (C=O) groups excluding carboxylic acids is 1. The number of amides is 1. The van der Waals surface area contributed by atoms with Gasteiger partial charge in [-0.05, 0) is 43.8 Å². The first-order valence-corrected chi connectivity index (χ1v) is 8.88. The molecule has 0 aromatic heterocycles. The fourth-order valence-corrected chi connectivity index (χ4v) is 3.83. The van der Waals surface area contributed by atoms with Crippen molar-refractivity contribution in [3.05, 3.63) is 59.6 Å². The summed E-state index contributed by atoms with van der Waals surface area (Å²) in [4.78, 5) is 16.7. The van der Waals surface area contributed by atoms with Crippen molar-refractivity contribution < 1.29 is 18.0 Å². The van der Waals surface area contributed by atoms with E-state index in [-0.39, 0.29) is 23.1 Å². The third-order valence-electron chi connectivity index (χ3n) is 4.40. The minimum atomic E-state index is -3.36. The van der Waals surface area contributed by atoms with E-state index in [4.69, 9.17) is 0 Å². The molecule has 26 heavy (non-hydrogen) atoms. The number of halogens is 3. The third-order valence-corrected chi connectivity index (χ3v) is 5.65. The van der Waals surface area contributed by atoms with Crippen LogP contribution in [0.5, 0.6) is 0 Å². The van der Waals surface area contributed by atoms with Crippen LogP contribution in [0.2, 0.25) is 0 Å². The molecular formula is C18H18F3N3OS. The maximum atomic E-state index is 15.0. The number of thioether (sulfide) groups is 1. The molecule has 1 fully saturated rings. The average molecular weight is 381 g/mol. The summed E-state index contributed by atoms with van der Waals surface area (Å²) < 4.78 is 41.0. The summed E-state index contributed by atoms with van der Waals surface area (Å²) in [7, 11) is 0. The predicted molar refractivity (Wildman–Crippen MR) is 96.6 cm³/mol. The first-order valence-electron chi connectivity index (χ1n) is 8.06. The third kappa shape index (κ3) is 3.25. The number of dihydropyridines is 1. The topological polar surface area (TPSA) is 53.5 Å². The SMILES string of the molecule is C[C@H](N=C1NC(=O)C(C)(C(F)(F)C2=CCNC=C2)S1)c1ccc(F)cc1. The largest absolute Gasteiger partial charge is 0.387 e. The lowest BCUT2D eigenvalue weighted by molar-refractivity contribution is -0.128. The van der Waals surface area contributed by atoms with Gasteiger partial charge in [-0.1, -0.05) is 30.0 Å². The lowest BCUT2D eigenvalue weighted by Gasteiger charge is -2.31. The fraction of sp³-hybridized carbons (Fsp3) is 0.333. The number of allylic oxidation sites excluding steroid dienone is 2. The van der Waals surface area contributed by atoms with Gasteiger partial charge in [0.1, 0.15) is 5.82 Å². The van der Waals surface area contributed by atoms with Crippen molar-refractivity contribution in [1.82, 2.24) is 10.6 Å². The zero-order valence-electron chi connectivity index (χ0n) is 14.2. The molecule has 3 rings (SSSR count). The molecule has 1 amide bonds. The minimum absolute atomic E-state index is 0.132. The van der Waals surface area contributed by atoms with Gasteiger partial charge >= 0.3 is 0 Å². The quantitative estimate of drug-likeness (QED) is 0.839. The van der Waals surface area contributed by atoms with Crippen LogP contribution in [0, 0.1) is 5.82 Å². The highest BCUT2D eigenvalue weighted by molar-refractivity contribution is 8.16. The molecule has 0 aliphatic carbocycles. The molecule has 2 heterocycles. The van der Waals surface area contributed by atoms with E-state index in [0.29, 0.717) is 0 Å². The second kappa shape index (κ2) is 6.83. The van der Waals surface area contributed by atoms with Gasteiger partial charge < -0.3 is 10.6 Å². The Morgan fingerprint density at radius 2 is 2.00 bits per heavy atom. The Morgan fingerprint density at radius 3 is 2.62 bits per heavy atom. The average Bonchev–Trinajstić information content (AvgIpc) is 2.91. The van der Waals surface area contributed by atoms with Crippen LogP contribution in [0.15, 0.2) is 53.2 Å². The molecule has 2 N–H and O–H groups in total. The number of nitrogens with zero attached hydrogens (tertiary/aromatic N) is 1. The number of hydrogen-bond donors (Lipinski definition) is 2. The summed E-state index contributed by atoms with van der Waals surface area (Å²) in [6.45, 7) is 3.25. The van der Waals surface area contributed by atoms with Crippen molar-refractivity contribution in [1.29, 1.82) is 0 Å². The number of aliphatic imine (C=N–C) groups is 1. The van der Waals surface area contributed by atoms with Gasteiger partial charge in [0.25, 0.3) is 5.92 Å². The number of hydrogen-bond acceptors (Lipinski definition) is 4. The van der Waals surface area contributed by atoms with Gasteiger partial charge in [-0.25, -0.2) is 4.39 Å². The highest BCUT2D eigenvalue weighted by Gasteiger charge is 2.62. The van der Waals surface area contributed by atoms with Crippen LogP contribution in [-0.2, 0) is 4.79 Å². The van der Waals surface area contributed by atoms with Crippen LogP contribution >= 0.6 is 11.8 Å². The number of carbonyl (C=O) groups is 1. The molecule has 0 spiro atoms. The first-order chi connectivity index (χ1) is 12.2. The van der Waals surface area contributed by atoms with E-state index in [1.807, 2.05) is 0 Å². The fourth-order valence-electron chi connectivity index (χ4n) is 2.70. The van der Waals surface area contributed by atoms with Crippen molar-refractivity contribution in [3.8, 4) is 0 Å². The number of alkyl halides is 2. The Hall–Kier alpha value is -2.22. The molecule has 1 unspecified atom stereocenters. The van der Waals surface area contributed by atoms with Crippen LogP contribution in [0.4, 0.5) is 13.2 Å². The normalized spacial score (nSPS) is 25.7. The Morgan fingerprint density at radius 1 is 1.31 bits per heavy atom. The van der Waals surface area contributed by atoms with Gasteiger partial charge in [-0.15, -0.1) is 0 Å². The number of rotatable bonds is 4. The van der Waals surface area contributed by atoms with Crippen molar-refractivity contribution in [3.63, 3.8) is 0 Å². The second-order valence-corrected chi connectivity index (χ2v) is 7.63. The zero-order valence-corrected chi connectivity index (χ0v) is 15.0. The second-order valence-electron chi connectivity index (χ2n) is 6.23. The van der Waals surface area contributed by atoms with Gasteiger partial charge in [0, 0.05) is 12.1 Å². The smallest absolute Gasteiger partial charge is 0.296 e. The van der Waals surface area contributed by atoms with E-state index in [1.54, 1.807) is 19.1 Å². The van der Waals surface area contributed by atoms with Gasteiger partial charge in [0.15, 0.2) is 9.91 Å². The molecule has 1 aromatic carbocycles. The van der Waals surface area contributed by atoms with Crippen LogP contribution in [-0.4, -0.2) is 28.3 Å². The van der Waals surface area contributed by atoms with Crippen molar-refractivity contribution in [2.75, 3.05) is 6.54 Å². The monoisotopic (exact) mass is 381 g/mol. The van der Waals surface area contributed by atoms with Crippen molar-refractivity contribution >= 4 is 22.8 Å². The number of benzene rings is 1. The van der Waals surface area contributed by atoms with E-state index in [2.05, 4.69) is 15.6 Å². The van der Waals surface area contributed by atoms with Crippen molar-refractivity contribution in [2.24, 2.45) is 4.99 Å². The van der Waals surface area contributed by atoms with Gasteiger partial charge in [0.05, 0.1) is 6.04 Å². The van der Waals surface area contributed by atoms with E-state index in [1.165, 1.54) is 37.4 Å². The first kappa shape index (κ1) is 18.6. The Labute approximate surface area is 153 Å². The molecule has 138 valence electrons. The molecule has 2 atom stereocenters. The molecule has 1 aromatic rings. The molecule has 2 aliphatic heterocycles. The number of amidine groups is 1. The van der Waals surface area contributed by atoms with Crippen LogP contribution < -0.4 is 10.6 Å². The van der Waals surface area contributed by atoms with Crippen LogP contribution in [0.25, 0.3) is 0 Å². The summed E-state index contributed by atoms with van der Waals surface area (Å²) in [5.41, 5.74) is 0.521. The van der Waals surface area contributed by atoms with E-state index in [9.17, 15) is 9.18 Å². The molecule has 8 heteroatoms. The summed E-state index contributed by atoms with van der Waals surface area (Å²) in [5.74, 6) is -4.52. The summed E-state index contributed by atoms with van der Waals surface area (Å²) >= 11 is 0.718. The molecule has 1 saturated heterocycles. The lowest BCUT2D eigenvalue weighted by atomic mass is 9.93. The van der Waals surface area contributed by atoms with Gasteiger partial charge in [-0.3, -0.25) is 9.79 Å². The molecule has 0 bridgehead atoms. The predicted octanol–water partition coefficient (Wildman–Crippen LogP) is 3.54. The standard InChI is InChI=1S/C18H18F3N3OS/c1-11(12-3-5-14(19)6-4-12)23-16-24-15(25)17(2,26-16)18(20,21)13-7-9-22-10-8-13/h3-9,11,22H,10H2,1-2H3,(H,23,24,25)/t11-,17?/m0/s1. The van der Waals surface area contributed by atoms with Crippen LogP contribution in [0.3, 0.4) is 0 Å². The molecule has 2 aliphatic rings. The zero-order chi connectivity index (χ0) is 18.9. The highest BCUT2D eigenvalue weighted by atomic mass is 32.2. The summed E-state index contributed by atoms with van der Waals surface area (Å²) in [6.07, 6.45) is 4.09. The lowest BCUT2D eigenvalue weighted by Crippen LogP contribution is -2.50. The Kier molecular flexibility index (Phi) is 4.88. The minimum Gasteiger partial charge on any atom is -0.387 e.